The molecule has 1 fully saturated rings. The second kappa shape index (κ2) is 9.77. The van der Waals surface area contributed by atoms with Crippen molar-refractivity contribution in [2.45, 2.75) is 51.7 Å². The number of rotatable bonds is 6. The normalized spacial score (nSPS) is 15.3. The fourth-order valence-electron chi connectivity index (χ4n) is 3.51. The number of likely N-dealkylation sites (tertiary alicyclic amines) is 1. The summed E-state index contributed by atoms with van der Waals surface area (Å²) in [5, 5.41) is 0. The molecule has 0 radical (unpaired) electrons. The zero-order valence-corrected chi connectivity index (χ0v) is 19.8. The average molecular weight is 462 g/mol. The standard InChI is InChI=1S/C23H31N3O5S/c1-23(2,3)31-22(27)26-12-10-17(11-13-26)18-8-9-20(24-15-18)16-30-21-7-5-6-19(14-21)25-32(4,28)29/h5-9,14-15,17,25H,10-13,16H2,1-4H3. The van der Waals surface area contributed by atoms with Gasteiger partial charge in [0.25, 0.3) is 0 Å². The van der Waals surface area contributed by atoms with Gasteiger partial charge in [-0.25, -0.2) is 13.2 Å². The van der Waals surface area contributed by atoms with Gasteiger partial charge in [0.05, 0.1) is 17.6 Å². The van der Waals surface area contributed by atoms with Gasteiger partial charge in [-0.15, -0.1) is 0 Å². The van der Waals surface area contributed by atoms with Crippen LogP contribution < -0.4 is 9.46 Å². The molecule has 0 atom stereocenters. The molecular weight excluding hydrogens is 430 g/mol. The number of benzene rings is 1. The van der Waals surface area contributed by atoms with Crippen LogP contribution in [-0.2, 0) is 21.4 Å². The van der Waals surface area contributed by atoms with E-state index in [9.17, 15) is 13.2 Å². The molecule has 8 nitrogen and oxygen atoms in total. The van der Waals surface area contributed by atoms with Gasteiger partial charge in [0.15, 0.2) is 0 Å². The number of nitrogens with one attached hydrogen (secondary N) is 1. The first-order chi connectivity index (χ1) is 15.0. The molecule has 1 aromatic heterocycles. The van der Waals surface area contributed by atoms with Crippen LogP contribution in [-0.4, -0.2) is 49.3 Å². The summed E-state index contributed by atoms with van der Waals surface area (Å²) < 4.78 is 36.4. The van der Waals surface area contributed by atoms with Gasteiger partial charge in [-0.2, -0.15) is 0 Å². The number of hydrogen-bond acceptors (Lipinski definition) is 6. The maximum absolute atomic E-state index is 12.2. The molecule has 1 aliphatic rings. The van der Waals surface area contributed by atoms with E-state index >= 15 is 0 Å². The summed E-state index contributed by atoms with van der Waals surface area (Å²) in [4.78, 5) is 18.5. The number of carbonyl (C=O) groups is 1. The van der Waals surface area contributed by atoms with Gasteiger partial charge >= 0.3 is 6.09 Å². The number of pyridine rings is 1. The Morgan fingerprint density at radius 1 is 1.19 bits per heavy atom. The van der Waals surface area contributed by atoms with E-state index in [0.717, 1.165) is 30.4 Å². The van der Waals surface area contributed by atoms with Crippen molar-refractivity contribution in [2.75, 3.05) is 24.1 Å². The highest BCUT2D eigenvalue weighted by Gasteiger charge is 2.27. The minimum absolute atomic E-state index is 0.252. The molecule has 0 unspecified atom stereocenters. The molecule has 0 aliphatic carbocycles. The fourth-order valence-corrected chi connectivity index (χ4v) is 4.06. The number of nitrogens with zero attached hydrogens (tertiary/aromatic N) is 2. The minimum atomic E-state index is -3.34. The third kappa shape index (κ3) is 7.40. The first-order valence-corrected chi connectivity index (χ1v) is 12.5. The molecule has 1 N–H and O–H groups in total. The number of hydrogen-bond donors (Lipinski definition) is 1. The van der Waals surface area contributed by atoms with Crippen molar-refractivity contribution in [2.24, 2.45) is 0 Å². The van der Waals surface area contributed by atoms with Crippen LogP contribution in [0.4, 0.5) is 10.5 Å². The van der Waals surface area contributed by atoms with E-state index in [2.05, 4.69) is 15.8 Å². The van der Waals surface area contributed by atoms with E-state index in [1.54, 1.807) is 29.2 Å². The van der Waals surface area contributed by atoms with Gasteiger partial charge in [0.1, 0.15) is 18.0 Å². The third-order valence-corrected chi connectivity index (χ3v) is 5.60. The Morgan fingerprint density at radius 2 is 1.91 bits per heavy atom. The van der Waals surface area contributed by atoms with E-state index in [0.29, 0.717) is 30.4 Å². The van der Waals surface area contributed by atoms with E-state index in [1.165, 1.54) is 0 Å². The molecule has 1 saturated heterocycles. The first kappa shape index (κ1) is 23.8. The summed E-state index contributed by atoms with van der Waals surface area (Å²) in [5.41, 5.74) is 1.89. The summed E-state index contributed by atoms with van der Waals surface area (Å²) >= 11 is 0. The van der Waals surface area contributed by atoms with E-state index < -0.39 is 15.6 Å². The van der Waals surface area contributed by atoms with Crippen molar-refractivity contribution < 1.29 is 22.7 Å². The highest BCUT2D eigenvalue weighted by molar-refractivity contribution is 7.92. The summed E-state index contributed by atoms with van der Waals surface area (Å²) in [6.07, 6.45) is 4.47. The van der Waals surface area contributed by atoms with E-state index in [1.807, 2.05) is 33.0 Å². The Balaban J connectivity index is 1.51. The number of piperidine rings is 1. The molecule has 3 rings (SSSR count). The largest absolute Gasteiger partial charge is 0.487 e. The molecule has 1 amide bonds. The molecule has 2 aromatic rings. The van der Waals surface area contributed by atoms with Crippen LogP contribution in [0.2, 0.25) is 0 Å². The van der Waals surface area contributed by atoms with E-state index in [4.69, 9.17) is 9.47 Å². The van der Waals surface area contributed by atoms with Crippen LogP contribution in [0, 0.1) is 0 Å². The van der Waals surface area contributed by atoms with Gasteiger partial charge in [0, 0.05) is 25.4 Å². The monoisotopic (exact) mass is 461 g/mol. The summed E-state index contributed by atoms with van der Waals surface area (Å²) in [5.74, 6) is 0.911. The molecule has 9 heteroatoms. The number of anilines is 1. The van der Waals surface area contributed by atoms with Crippen LogP contribution in [0.1, 0.15) is 50.8 Å². The first-order valence-electron chi connectivity index (χ1n) is 10.6. The predicted octanol–water partition coefficient (Wildman–Crippen LogP) is 4.15. The van der Waals surface area contributed by atoms with Crippen molar-refractivity contribution in [1.29, 1.82) is 0 Å². The maximum atomic E-state index is 12.2. The Hall–Kier alpha value is -2.81. The van der Waals surface area contributed by atoms with Gasteiger partial charge < -0.3 is 14.4 Å². The smallest absolute Gasteiger partial charge is 0.410 e. The second-order valence-corrected chi connectivity index (χ2v) is 10.8. The summed E-state index contributed by atoms with van der Waals surface area (Å²) in [6.45, 7) is 7.23. The van der Waals surface area contributed by atoms with Crippen molar-refractivity contribution in [3.8, 4) is 5.75 Å². The lowest BCUT2D eigenvalue weighted by molar-refractivity contribution is 0.0204. The summed E-state index contributed by atoms with van der Waals surface area (Å²) in [6, 6.07) is 10.8. The van der Waals surface area contributed by atoms with Crippen LogP contribution in [0.3, 0.4) is 0 Å². The fraction of sp³-hybridized carbons (Fsp3) is 0.478. The maximum Gasteiger partial charge on any atom is 0.410 e. The lowest BCUT2D eigenvalue weighted by atomic mass is 9.90. The molecule has 0 bridgehead atoms. The molecule has 174 valence electrons. The summed E-state index contributed by atoms with van der Waals surface area (Å²) in [7, 11) is -3.34. The molecule has 1 aliphatic heterocycles. The van der Waals surface area contributed by atoms with Crippen molar-refractivity contribution in [3.63, 3.8) is 0 Å². The minimum Gasteiger partial charge on any atom is -0.487 e. The Kier molecular flexibility index (Phi) is 7.28. The van der Waals surface area contributed by atoms with Gasteiger partial charge in [-0.3, -0.25) is 9.71 Å². The van der Waals surface area contributed by atoms with Crippen molar-refractivity contribution in [3.05, 3.63) is 53.9 Å². The number of amides is 1. The molecule has 1 aromatic carbocycles. The number of sulfonamides is 1. The molecule has 32 heavy (non-hydrogen) atoms. The van der Waals surface area contributed by atoms with E-state index in [-0.39, 0.29) is 12.7 Å². The van der Waals surface area contributed by atoms with Crippen LogP contribution in [0.25, 0.3) is 0 Å². The topological polar surface area (TPSA) is 97.8 Å². The number of ether oxygens (including phenoxy) is 2. The second-order valence-electron chi connectivity index (χ2n) is 9.02. The molecule has 2 heterocycles. The lowest BCUT2D eigenvalue weighted by Gasteiger charge is -2.33. The van der Waals surface area contributed by atoms with Crippen molar-refractivity contribution >= 4 is 21.8 Å². The number of aromatic nitrogens is 1. The average Bonchev–Trinajstić information content (AvgIpc) is 2.71. The van der Waals surface area contributed by atoms with Crippen LogP contribution >= 0.6 is 0 Å². The highest BCUT2D eigenvalue weighted by Crippen LogP contribution is 2.28. The molecular formula is C23H31N3O5S. The molecule has 0 saturated carbocycles. The SMILES string of the molecule is CC(C)(C)OC(=O)N1CCC(c2ccc(COc3cccc(NS(C)(=O)=O)c3)nc2)CC1. The zero-order chi connectivity index (χ0) is 23.4. The van der Waals surface area contributed by atoms with Gasteiger partial charge in [-0.05, 0) is 63.3 Å². The third-order valence-electron chi connectivity index (χ3n) is 4.99. The zero-order valence-electron chi connectivity index (χ0n) is 19.0. The van der Waals surface area contributed by atoms with Gasteiger partial charge in [-0.1, -0.05) is 12.1 Å². The lowest BCUT2D eigenvalue weighted by Crippen LogP contribution is -2.41. The molecule has 0 spiro atoms. The van der Waals surface area contributed by atoms with Crippen LogP contribution in [0.5, 0.6) is 5.75 Å². The van der Waals surface area contributed by atoms with Crippen molar-refractivity contribution in [1.82, 2.24) is 9.88 Å². The Labute approximate surface area is 190 Å². The number of carbonyl (C=O) groups excluding carboxylic acids is 1. The Morgan fingerprint density at radius 3 is 2.50 bits per heavy atom. The Bertz CT molecular complexity index is 1020. The van der Waals surface area contributed by atoms with Gasteiger partial charge in [0.2, 0.25) is 10.0 Å². The van der Waals surface area contributed by atoms with Crippen LogP contribution in [0.15, 0.2) is 42.6 Å². The predicted molar refractivity (Wildman–Crippen MR) is 123 cm³/mol. The quantitative estimate of drug-likeness (QED) is 0.694. The highest BCUT2D eigenvalue weighted by atomic mass is 32.2.